The first-order chi connectivity index (χ1) is 12.7. The maximum atomic E-state index is 12.2. The van der Waals surface area contributed by atoms with E-state index < -0.39 is 0 Å². The molecule has 0 bridgehead atoms. The molecular formula is C19H32N6O. The molecule has 0 spiro atoms. The van der Waals surface area contributed by atoms with Gasteiger partial charge in [0.05, 0.1) is 0 Å². The Kier molecular flexibility index (Phi) is 7.20. The van der Waals surface area contributed by atoms with Crippen molar-refractivity contribution in [3.63, 3.8) is 0 Å². The zero-order valence-electron chi connectivity index (χ0n) is 15.9. The molecule has 1 aromatic rings. The third kappa shape index (κ3) is 5.64. The Morgan fingerprint density at radius 3 is 2.62 bits per heavy atom. The van der Waals surface area contributed by atoms with Crippen LogP contribution in [0.1, 0.15) is 26.2 Å². The van der Waals surface area contributed by atoms with E-state index in [1.807, 2.05) is 6.07 Å². The van der Waals surface area contributed by atoms with Crippen LogP contribution in [-0.4, -0.2) is 73.1 Å². The molecule has 2 aliphatic heterocycles. The van der Waals surface area contributed by atoms with Gasteiger partial charge in [0.2, 0.25) is 11.9 Å². The fraction of sp³-hybridized carbons (Fsp3) is 0.737. The predicted molar refractivity (Wildman–Crippen MR) is 103 cm³/mol. The molecule has 1 aromatic heterocycles. The number of rotatable bonds is 7. The number of aromatic nitrogens is 2. The van der Waals surface area contributed by atoms with E-state index in [0.29, 0.717) is 18.3 Å². The Balaban J connectivity index is 1.29. The van der Waals surface area contributed by atoms with Crippen LogP contribution in [0.25, 0.3) is 0 Å². The van der Waals surface area contributed by atoms with Gasteiger partial charge in [0, 0.05) is 58.1 Å². The number of piperidine rings is 1. The van der Waals surface area contributed by atoms with Gasteiger partial charge >= 0.3 is 0 Å². The van der Waals surface area contributed by atoms with Crippen molar-refractivity contribution >= 4 is 11.9 Å². The van der Waals surface area contributed by atoms with Crippen molar-refractivity contribution in [2.75, 3.05) is 57.3 Å². The smallest absolute Gasteiger partial charge is 0.225 e. The van der Waals surface area contributed by atoms with Crippen LogP contribution in [0.3, 0.4) is 0 Å². The van der Waals surface area contributed by atoms with E-state index in [2.05, 4.69) is 37.3 Å². The Morgan fingerprint density at radius 2 is 1.92 bits per heavy atom. The van der Waals surface area contributed by atoms with Crippen LogP contribution in [0.15, 0.2) is 18.5 Å². The summed E-state index contributed by atoms with van der Waals surface area (Å²) in [6.07, 6.45) is 6.63. The molecule has 2 aliphatic rings. The van der Waals surface area contributed by atoms with Gasteiger partial charge in [-0.25, -0.2) is 9.97 Å². The topological polar surface area (TPSA) is 73.4 Å². The van der Waals surface area contributed by atoms with Crippen molar-refractivity contribution in [1.29, 1.82) is 0 Å². The van der Waals surface area contributed by atoms with Crippen molar-refractivity contribution in [2.24, 2.45) is 11.8 Å². The van der Waals surface area contributed by atoms with Crippen LogP contribution in [0.4, 0.5) is 5.95 Å². The van der Waals surface area contributed by atoms with Gasteiger partial charge in [-0.05, 0) is 43.8 Å². The highest BCUT2D eigenvalue weighted by Gasteiger charge is 2.22. The molecule has 0 saturated carbocycles. The summed E-state index contributed by atoms with van der Waals surface area (Å²) in [7, 11) is 0. The van der Waals surface area contributed by atoms with E-state index in [4.69, 9.17) is 0 Å². The highest BCUT2D eigenvalue weighted by atomic mass is 16.1. The van der Waals surface area contributed by atoms with Crippen LogP contribution in [0.2, 0.25) is 0 Å². The average Bonchev–Trinajstić information content (AvgIpc) is 2.70. The lowest BCUT2D eigenvalue weighted by molar-refractivity contribution is -0.122. The highest BCUT2D eigenvalue weighted by Crippen LogP contribution is 2.24. The molecule has 1 amide bonds. The molecule has 3 rings (SSSR count). The van der Waals surface area contributed by atoms with Crippen LogP contribution in [-0.2, 0) is 4.79 Å². The molecule has 26 heavy (non-hydrogen) atoms. The minimum atomic E-state index is 0.201. The van der Waals surface area contributed by atoms with Crippen molar-refractivity contribution in [1.82, 2.24) is 25.5 Å². The summed E-state index contributed by atoms with van der Waals surface area (Å²) >= 11 is 0. The van der Waals surface area contributed by atoms with Gasteiger partial charge in [0.15, 0.2) is 0 Å². The van der Waals surface area contributed by atoms with Gasteiger partial charge in [-0.3, -0.25) is 9.69 Å². The Labute approximate surface area is 156 Å². The van der Waals surface area contributed by atoms with E-state index in [9.17, 15) is 4.79 Å². The monoisotopic (exact) mass is 360 g/mol. The number of hydrogen-bond donors (Lipinski definition) is 2. The minimum Gasteiger partial charge on any atom is -0.355 e. The molecule has 7 heteroatoms. The molecule has 0 radical (unpaired) electrons. The molecule has 144 valence electrons. The van der Waals surface area contributed by atoms with Crippen LogP contribution in [0.5, 0.6) is 0 Å². The molecule has 1 atom stereocenters. The van der Waals surface area contributed by atoms with E-state index in [1.165, 1.54) is 12.8 Å². The quantitative estimate of drug-likeness (QED) is 0.747. The van der Waals surface area contributed by atoms with E-state index in [0.717, 1.165) is 58.3 Å². The van der Waals surface area contributed by atoms with Crippen LogP contribution < -0.4 is 15.5 Å². The normalized spacial score (nSPS) is 20.7. The molecule has 2 fully saturated rings. The largest absolute Gasteiger partial charge is 0.355 e. The number of nitrogens with zero attached hydrogens (tertiary/aromatic N) is 4. The predicted octanol–water partition coefficient (Wildman–Crippen LogP) is 0.741. The molecular weight excluding hydrogens is 328 g/mol. The second-order valence-corrected chi connectivity index (χ2v) is 7.50. The molecule has 7 nitrogen and oxygen atoms in total. The van der Waals surface area contributed by atoms with Crippen LogP contribution in [0, 0.1) is 11.8 Å². The zero-order chi connectivity index (χ0) is 18.2. The molecule has 1 unspecified atom stereocenters. The summed E-state index contributed by atoms with van der Waals surface area (Å²) in [6.45, 7) is 9.90. The first kappa shape index (κ1) is 19.0. The molecule has 0 aliphatic carbocycles. The Hall–Kier alpha value is -1.73. The zero-order valence-corrected chi connectivity index (χ0v) is 15.9. The molecule has 3 heterocycles. The lowest BCUT2D eigenvalue weighted by atomic mass is 9.84. The van der Waals surface area contributed by atoms with Gasteiger partial charge in [-0.1, -0.05) is 6.92 Å². The number of anilines is 1. The first-order valence-electron chi connectivity index (χ1n) is 9.94. The summed E-state index contributed by atoms with van der Waals surface area (Å²) in [5, 5.41) is 6.50. The summed E-state index contributed by atoms with van der Waals surface area (Å²) in [5.41, 5.74) is 0. The van der Waals surface area contributed by atoms with Gasteiger partial charge < -0.3 is 15.5 Å². The van der Waals surface area contributed by atoms with Crippen molar-refractivity contribution in [3.05, 3.63) is 18.5 Å². The summed E-state index contributed by atoms with van der Waals surface area (Å²) < 4.78 is 0. The number of carbonyl (C=O) groups is 1. The van der Waals surface area contributed by atoms with E-state index >= 15 is 0 Å². The van der Waals surface area contributed by atoms with Crippen molar-refractivity contribution < 1.29 is 4.79 Å². The summed E-state index contributed by atoms with van der Waals surface area (Å²) in [5.74, 6) is 2.18. The SMILES string of the molecule is CC(CC(=O)NCCN1CCN(c2ncccn2)CC1)C1CCNCC1. The molecule has 2 saturated heterocycles. The van der Waals surface area contributed by atoms with Crippen molar-refractivity contribution in [2.45, 2.75) is 26.2 Å². The number of piperazine rings is 1. The van der Waals surface area contributed by atoms with E-state index in [1.54, 1.807) is 12.4 Å². The summed E-state index contributed by atoms with van der Waals surface area (Å²) in [4.78, 5) is 25.5. The summed E-state index contributed by atoms with van der Waals surface area (Å²) in [6, 6.07) is 1.84. The van der Waals surface area contributed by atoms with Gasteiger partial charge in [0.1, 0.15) is 0 Å². The fourth-order valence-electron chi connectivity index (χ4n) is 3.92. The average molecular weight is 361 g/mol. The third-order valence-corrected chi connectivity index (χ3v) is 5.65. The second kappa shape index (κ2) is 9.83. The highest BCUT2D eigenvalue weighted by molar-refractivity contribution is 5.76. The Bertz CT molecular complexity index is 540. The maximum Gasteiger partial charge on any atom is 0.225 e. The lowest BCUT2D eigenvalue weighted by Crippen LogP contribution is -2.49. The number of amides is 1. The lowest BCUT2D eigenvalue weighted by Gasteiger charge is -2.34. The fourth-order valence-corrected chi connectivity index (χ4v) is 3.92. The van der Waals surface area contributed by atoms with E-state index in [-0.39, 0.29) is 5.91 Å². The second-order valence-electron chi connectivity index (χ2n) is 7.50. The Morgan fingerprint density at radius 1 is 1.23 bits per heavy atom. The van der Waals surface area contributed by atoms with Crippen molar-refractivity contribution in [3.8, 4) is 0 Å². The van der Waals surface area contributed by atoms with Crippen LogP contribution >= 0.6 is 0 Å². The van der Waals surface area contributed by atoms with Gasteiger partial charge in [-0.15, -0.1) is 0 Å². The molecule has 2 N–H and O–H groups in total. The third-order valence-electron chi connectivity index (χ3n) is 5.65. The number of hydrogen-bond acceptors (Lipinski definition) is 6. The minimum absolute atomic E-state index is 0.201. The maximum absolute atomic E-state index is 12.2. The number of nitrogens with one attached hydrogen (secondary N) is 2. The number of carbonyl (C=O) groups excluding carboxylic acids is 1. The van der Waals surface area contributed by atoms with Gasteiger partial charge in [-0.2, -0.15) is 0 Å². The first-order valence-corrected chi connectivity index (χ1v) is 9.94. The standard InChI is InChI=1S/C19H32N6O/c1-16(17-3-7-20-8-4-17)15-18(26)21-9-10-24-11-13-25(14-12-24)19-22-5-2-6-23-19/h2,5-6,16-17,20H,3-4,7-15H2,1H3,(H,21,26). The van der Waals surface area contributed by atoms with Gasteiger partial charge in [0.25, 0.3) is 0 Å². The molecule has 0 aromatic carbocycles.